The van der Waals surface area contributed by atoms with Crippen LogP contribution < -0.4 is 5.32 Å². The average Bonchev–Trinajstić information content (AvgIpc) is 3.06. The summed E-state index contributed by atoms with van der Waals surface area (Å²) >= 11 is 2.26. The molecule has 1 unspecified atom stereocenters. The lowest BCUT2D eigenvalue weighted by Crippen LogP contribution is -2.24. The van der Waals surface area contributed by atoms with Crippen molar-refractivity contribution in [2.75, 3.05) is 11.9 Å². The van der Waals surface area contributed by atoms with Crippen molar-refractivity contribution >= 4 is 40.0 Å². The third-order valence-corrected chi connectivity index (χ3v) is 7.08. The summed E-state index contributed by atoms with van der Waals surface area (Å²) in [5.74, 6) is -0.414. The van der Waals surface area contributed by atoms with E-state index >= 15 is 0 Å². The number of aromatic nitrogens is 1. The Hall–Kier alpha value is -2.88. The molecule has 7 nitrogen and oxygen atoms in total. The largest absolute Gasteiger partial charge is 0.462 e. The minimum atomic E-state index is -0.524. The molecule has 1 amide bonds. The number of thioether (sulfide) groups is 1. The number of nitrogens with one attached hydrogen (secondary N) is 1. The van der Waals surface area contributed by atoms with Crippen molar-refractivity contribution in [1.82, 2.24) is 4.98 Å². The number of pyridine rings is 1. The fourth-order valence-corrected chi connectivity index (χ4v) is 5.03. The van der Waals surface area contributed by atoms with Gasteiger partial charge < -0.3 is 10.1 Å². The number of carbonyl (C=O) groups excluding carboxylic acids is 2. The number of nitriles is 2. The predicted molar refractivity (Wildman–Crippen MR) is 126 cm³/mol. The highest BCUT2D eigenvalue weighted by Gasteiger charge is 2.26. The second-order valence-corrected chi connectivity index (χ2v) is 9.67. The Morgan fingerprint density at radius 1 is 1.25 bits per heavy atom. The number of carbonyl (C=O) groups is 2. The van der Waals surface area contributed by atoms with Gasteiger partial charge in [0, 0.05) is 5.69 Å². The quantitative estimate of drug-likeness (QED) is 0.401. The molecule has 32 heavy (non-hydrogen) atoms. The number of rotatable bonds is 9. The Balaban J connectivity index is 2.28. The number of hydrogen-bond donors (Lipinski definition) is 1. The first-order valence-corrected chi connectivity index (χ1v) is 12.0. The standard InChI is InChI=1S/C23H26N4O3S2/c1-6-18(31-21-15(11-24)8-9-16(26-21)10-13(3)4)20(28)27-22-17(12-25)14(5)19(32-22)23(29)30-7-2/h8-9,13,18H,6-7,10H2,1-5H3,(H,27,28). The Bertz CT molecular complexity index is 1080. The van der Waals surface area contributed by atoms with Crippen LogP contribution in [0.2, 0.25) is 0 Å². The lowest BCUT2D eigenvalue weighted by Gasteiger charge is -2.15. The van der Waals surface area contributed by atoms with E-state index in [1.165, 1.54) is 11.8 Å². The first-order chi connectivity index (χ1) is 15.2. The zero-order chi connectivity index (χ0) is 23.8. The monoisotopic (exact) mass is 470 g/mol. The summed E-state index contributed by atoms with van der Waals surface area (Å²) in [7, 11) is 0. The van der Waals surface area contributed by atoms with Gasteiger partial charge in [0.1, 0.15) is 27.0 Å². The highest BCUT2D eigenvalue weighted by atomic mass is 32.2. The van der Waals surface area contributed by atoms with E-state index in [1.807, 2.05) is 13.0 Å². The van der Waals surface area contributed by atoms with E-state index in [0.717, 1.165) is 23.5 Å². The zero-order valence-corrected chi connectivity index (χ0v) is 20.4. The number of hydrogen-bond acceptors (Lipinski definition) is 8. The summed E-state index contributed by atoms with van der Waals surface area (Å²) in [4.78, 5) is 30.1. The van der Waals surface area contributed by atoms with E-state index in [-0.39, 0.29) is 18.1 Å². The second-order valence-electron chi connectivity index (χ2n) is 7.46. The highest BCUT2D eigenvalue weighted by molar-refractivity contribution is 8.00. The third-order valence-electron chi connectivity index (χ3n) is 4.53. The molecule has 168 valence electrons. The topological polar surface area (TPSA) is 116 Å². The molecule has 2 rings (SSSR count). The summed E-state index contributed by atoms with van der Waals surface area (Å²) in [5.41, 5.74) is 2.03. The number of esters is 1. The number of anilines is 1. The molecule has 0 saturated carbocycles. The Kier molecular flexibility index (Phi) is 9.25. The zero-order valence-electron chi connectivity index (χ0n) is 18.8. The summed E-state index contributed by atoms with van der Waals surface area (Å²) in [6.45, 7) is 9.64. The smallest absolute Gasteiger partial charge is 0.348 e. The lowest BCUT2D eigenvalue weighted by molar-refractivity contribution is -0.115. The Morgan fingerprint density at radius 3 is 2.53 bits per heavy atom. The molecule has 2 aromatic rings. The molecule has 2 heterocycles. The average molecular weight is 471 g/mol. The first kappa shape index (κ1) is 25.4. The van der Waals surface area contributed by atoms with Crippen molar-refractivity contribution in [2.45, 2.75) is 57.7 Å². The normalized spacial score (nSPS) is 11.5. The van der Waals surface area contributed by atoms with E-state index in [0.29, 0.717) is 38.4 Å². The molecule has 0 aliphatic rings. The van der Waals surface area contributed by atoms with Gasteiger partial charge >= 0.3 is 5.97 Å². The van der Waals surface area contributed by atoms with E-state index in [4.69, 9.17) is 4.74 Å². The van der Waals surface area contributed by atoms with E-state index in [1.54, 1.807) is 19.9 Å². The minimum Gasteiger partial charge on any atom is -0.462 e. The van der Waals surface area contributed by atoms with Crippen LogP contribution in [0.3, 0.4) is 0 Å². The predicted octanol–water partition coefficient (Wildman–Crippen LogP) is 5.08. The van der Waals surface area contributed by atoms with Gasteiger partial charge in [0.15, 0.2) is 0 Å². The lowest BCUT2D eigenvalue weighted by atomic mass is 10.1. The molecule has 0 spiro atoms. The molecule has 2 aromatic heterocycles. The van der Waals surface area contributed by atoms with Crippen LogP contribution in [-0.4, -0.2) is 28.7 Å². The van der Waals surface area contributed by atoms with Crippen LogP contribution in [0.25, 0.3) is 0 Å². The van der Waals surface area contributed by atoms with Crippen LogP contribution in [0.5, 0.6) is 0 Å². The van der Waals surface area contributed by atoms with E-state index < -0.39 is 11.2 Å². The van der Waals surface area contributed by atoms with E-state index in [9.17, 15) is 20.1 Å². The van der Waals surface area contributed by atoms with Gasteiger partial charge in [0.2, 0.25) is 5.91 Å². The molecule has 0 radical (unpaired) electrons. The number of nitrogens with zero attached hydrogens (tertiary/aromatic N) is 3. The van der Waals surface area contributed by atoms with Crippen molar-refractivity contribution in [2.24, 2.45) is 5.92 Å². The number of thiophene rings is 1. The minimum absolute atomic E-state index is 0.221. The van der Waals surface area contributed by atoms with Gasteiger partial charge in [-0.2, -0.15) is 10.5 Å². The maximum atomic E-state index is 13.0. The van der Waals surface area contributed by atoms with Crippen molar-refractivity contribution in [3.8, 4) is 12.1 Å². The van der Waals surface area contributed by atoms with Crippen LogP contribution >= 0.6 is 23.1 Å². The fourth-order valence-electron chi connectivity index (χ4n) is 2.96. The molecular formula is C23H26N4O3S2. The molecule has 0 aliphatic heterocycles. The van der Waals surface area contributed by atoms with Gasteiger partial charge in [-0.05, 0) is 50.3 Å². The van der Waals surface area contributed by atoms with Crippen molar-refractivity contribution in [1.29, 1.82) is 10.5 Å². The molecule has 9 heteroatoms. The van der Waals surface area contributed by atoms with Crippen molar-refractivity contribution < 1.29 is 14.3 Å². The highest BCUT2D eigenvalue weighted by Crippen LogP contribution is 2.35. The van der Waals surface area contributed by atoms with Gasteiger partial charge in [-0.3, -0.25) is 4.79 Å². The summed E-state index contributed by atoms with van der Waals surface area (Å²) < 4.78 is 5.04. The summed E-state index contributed by atoms with van der Waals surface area (Å²) in [6, 6.07) is 7.78. The summed E-state index contributed by atoms with van der Waals surface area (Å²) in [6.07, 6.45) is 1.27. The maximum Gasteiger partial charge on any atom is 0.348 e. The molecule has 0 bridgehead atoms. The number of ether oxygens (including phenoxy) is 1. The van der Waals surface area contributed by atoms with Crippen LogP contribution in [0.15, 0.2) is 17.2 Å². The Labute approximate surface area is 196 Å². The molecule has 0 aliphatic carbocycles. The van der Waals surface area contributed by atoms with Crippen LogP contribution in [0.4, 0.5) is 5.00 Å². The molecule has 0 fully saturated rings. The molecule has 0 saturated heterocycles. The fraction of sp³-hybridized carbons (Fsp3) is 0.435. The van der Waals surface area contributed by atoms with Gasteiger partial charge in [-0.15, -0.1) is 11.3 Å². The molecule has 1 N–H and O–H groups in total. The molecular weight excluding hydrogens is 444 g/mol. The van der Waals surface area contributed by atoms with Crippen LogP contribution in [-0.2, 0) is 16.0 Å². The van der Waals surface area contributed by atoms with Gasteiger partial charge in [-0.1, -0.05) is 32.5 Å². The number of amides is 1. The summed E-state index contributed by atoms with van der Waals surface area (Å²) in [5, 5.41) is 22.1. The SMILES string of the molecule is CCOC(=O)c1sc(NC(=O)C(CC)Sc2nc(CC(C)C)ccc2C#N)c(C#N)c1C. The molecule has 1 atom stereocenters. The maximum absolute atomic E-state index is 13.0. The van der Waals surface area contributed by atoms with Gasteiger partial charge in [0.25, 0.3) is 0 Å². The first-order valence-electron chi connectivity index (χ1n) is 10.3. The van der Waals surface area contributed by atoms with Crippen molar-refractivity contribution in [3.05, 3.63) is 39.4 Å². The van der Waals surface area contributed by atoms with Gasteiger partial charge in [0.05, 0.1) is 23.0 Å². The van der Waals surface area contributed by atoms with Crippen molar-refractivity contribution in [3.63, 3.8) is 0 Å². The Morgan fingerprint density at radius 2 is 1.97 bits per heavy atom. The van der Waals surface area contributed by atoms with Crippen LogP contribution in [0.1, 0.15) is 66.2 Å². The van der Waals surface area contributed by atoms with Crippen LogP contribution in [0, 0.1) is 35.5 Å². The molecule has 0 aromatic carbocycles. The third kappa shape index (κ3) is 6.09. The van der Waals surface area contributed by atoms with E-state index in [2.05, 4.69) is 36.3 Å². The van der Waals surface area contributed by atoms with Gasteiger partial charge in [-0.25, -0.2) is 9.78 Å². The second kappa shape index (κ2) is 11.7.